The number of urea groups is 1. The van der Waals surface area contributed by atoms with Crippen molar-refractivity contribution in [2.75, 3.05) is 6.54 Å². The van der Waals surface area contributed by atoms with Crippen LogP contribution < -0.4 is 10.6 Å². The van der Waals surface area contributed by atoms with E-state index in [1.165, 1.54) is 18.2 Å². The zero-order chi connectivity index (χ0) is 16.8. The number of carbonyl (C=O) groups excluding carboxylic acids is 1. The fraction of sp³-hybridized carbons (Fsp3) is 0.357. The van der Waals surface area contributed by atoms with Crippen LogP contribution in [0.2, 0.25) is 0 Å². The van der Waals surface area contributed by atoms with Gasteiger partial charge in [0.2, 0.25) is 0 Å². The Labute approximate surface area is 124 Å². The zero-order valence-corrected chi connectivity index (χ0v) is 11.5. The van der Waals surface area contributed by atoms with Crippen LogP contribution in [0.1, 0.15) is 24.0 Å². The summed E-state index contributed by atoms with van der Waals surface area (Å²) in [5.74, 6) is 0. The van der Waals surface area contributed by atoms with E-state index < -0.39 is 30.6 Å². The molecule has 0 aliphatic carbocycles. The van der Waals surface area contributed by atoms with Crippen molar-refractivity contribution in [3.8, 4) is 0 Å². The molecule has 1 rings (SSSR count). The van der Waals surface area contributed by atoms with Gasteiger partial charge >= 0.3 is 12.2 Å². The molecule has 0 aliphatic heterocycles. The van der Waals surface area contributed by atoms with E-state index in [1.807, 2.05) is 0 Å². The monoisotopic (exact) mass is 322 g/mol. The first-order valence-corrected chi connectivity index (χ1v) is 6.34. The largest absolute Gasteiger partial charge is 0.412 e. The highest BCUT2D eigenvalue weighted by molar-refractivity contribution is 5.73. The molecule has 3 nitrogen and oxygen atoms in total. The molecular formula is C14H15F5N2O. The van der Waals surface area contributed by atoms with Gasteiger partial charge in [-0.2, -0.15) is 13.2 Å². The predicted molar refractivity (Wildman–Crippen MR) is 71.4 cm³/mol. The SMILES string of the molecule is C=C(CCNC(=O)NCc1cccc(C(F)F)c1)C(F)(F)F. The molecule has 2 amide bonds. The van der Waals surface area contributed by atoms with Gasteiger partial charge in [-0.25, -0.2) is 13.6 Å². The van der Waals surface area contributed by atoms with Crippen molar-refractivity contribution in [2.24, 2.45) is 0 Å². The first-order chi connectivity index (χ1) is 10.2. The summed E-state index contributed by atoms with van der Waals surface area (Å²) in [5, 5.41) is 4.61. The lowest BCUT2D eigenvalue weighted by Gasteiger charge is -2.11. The second kappa shape index (κ2) is 7.77. The Morgan fingerprint density at radius 2 is 1.91 bits per heavy atom. The number of amides is 2. The average Bonchev–Trinajstić information content (AvgIpc) is 2.44. The van der Waals surface area contributed by atoms with Gasteiger partial charge in [0.05, 0.1) is 0 Å². The summed E-state index contributed by atoms with van der Waals surface area (Å²) < 4.78 is 61.4. The van der Waals surface area contributed by atoms with E-state index in [0.717, 1.165) is 0 Å². The first kappa shape index (κ1) is 17.9. The van der Waals surface area contributed by atoms with Crippen LogP contribution in [0.4, 0.5) is 26.7 Å². The summed E-state index contributed by atoms with van der Waals surface area (Å²) in [5.41, 5.74) is -0.633. The number of carbonyl (C=O) groups is 1. The Morgan fingerprint density at radius 3 is 2.50 bits per heavy atom. The molecule has 0 spiro atoms. The fourth-order valence-electron chi connectivity index (χ4n) is 1.55. The van der Waals surface area contributed by atoms with Gasteiger partial charge in [-0.1, -0.05) is 24.8 Å². The minimum Gasteiger partial charge on any atom is -0.338 e. The molecule has 0 unspecified atom stereocenters. The fourth-order valence-corrected chi connectivity index (χ4v) is 1.55. The van der Waals surface area contributed by atoms with Crippen molar-refractivity contribution in [1.82, 2.24) is 10.6 Å². The van der Waals surface area contributed by atoms with Crippen LogP contribution in [-0.2, 0) is 6.54 Å². The molecular weight excluding hydrogens is 307 g/mol. The highest BCUT2D eigenvalue weighted by atomic mass is 19.4. The van der Waals surface area contributed by atoms with E-state index in [0.29, 0.717) is 5.56 Å². The lowest BCUT2D eigenvalue weighted by molar-refractivity contribution is -0.0934. The molecule has 0 bridgehead atoms. The number of hydrogen-bond donors (Lipinski definition) is 2. The Balaban J connectivity index is 2.35. The van der Waals surface area contributed by atoms with Crippen molar-refractivity contribution in [2.45, 2.75) is 25.6 Å². The number of halogens is 5. The number of alkyl halides is 5. The molecule has 0 saturated heterocycles. The van der Waals surface area contributed by atoms with E-state index >= 15 is 0 Å². The number of rotatable bonds is 6. The van der Waals surface area contributed by atoms with Crippen molar-refractivity contribution >= 4 is 6.03 Å². The van der Waals surface area contributed by atoms with Crippen molar-refractivity contribution in [3.05, 3.63) is 47.5 Å². The first-order valence-electron chi connectivity index (χ1n) is 6.34. The van der Waals surface area contributed by atoms with Crippen molar-refractivity contribution in [3.63, 3.8) is 0 Å². The van der Waals surface area contributed by atoms with Crippen LogP contribution in [0.25, 0.3) is 0 Å². The van der Waals surface area contributed by atoms with Gasteiger partial charge in [-0.05, 0) is 18.1 Å². The van der Waals surface area contributed by atoms with Gasteiger partial charge in [0.1, 0.15) is 0 Å². The molecule has 8 heteroatoms. The van der Waals surface area contributed by atoms with Gasteiger partial charge in [0.25, 0.3) is 6.43 Å². The average molecular weight is 322 g/mol. The molecule has 0 radical (unpaired) electrons. The van der Waals surface area contributed by atoms with Gasteiger partial charge < -0.3 is 10.6 Å². The minimum absolute atomic E-state index is 0.00733. The lowest BCUT2D eigenvalue weighted by Crippen LogP contribution is -2.36. The van der Waals surface area contributed by atoms with Gasteiger partial charge in [-0.15, -0.1) is 0 Å². The molecule has 2 N–H and O–H groups in total. The molecule has 0 saturated carbocycles. The molecule has 0 atom stereocenters. The maximum absolute atomic E-state index is 12.5. The summed E-state index contributed by atoms with van der Waals surface area (Å²) >= 11 is 0. The van der Waals surface area contributed by atoms with E-state index in [-0.39, 0.29) is 18.7 Å². The third-order valence-electron chi connectivity index (χ3n) is 2.77. The van der Waals surface area contributed by atoms with Gasteiger partial charge in [0, 0.05) is 24.2 Å². The highest BCUT2D eigenvalue weighted by Gasteiger charge is 2.31. The van der Waals surface area contributed by atoms with Crippen LogP contribution in [0.5, 0.6) is 0 Å². The molecule has 0 fully saturated rings. The van der Waals surface area contributed by atoms with Crippen molar-refractivity contribution < 1.29 is 26.7 Å². The summed E-state index contributed by atoms with van der Waals surface area (Å²) in [7, 11) is 0. The van der Waals surface area contributed by atoms with E-state index in [1.54, 1.807) is 6.07 Å². The van der Waals surface area contributed by atoms with Crippen LogP contribution in [0, 0.1) is 0 Å². The maximum atomic E-state index is 12.5. The van der Waals surface area contributed by atoms with Gasteiger partial charge in [0.15, 0.2) is 0 Å². The summed E-state index contributed by atoms with van der Waals surface area (Å²) in [6.45, 7) is 2.65. The number of hydrogen-bond acceptors (Lipinski definition) is 1. The Hall–Kier alpha value is -2.12. The number of benzene rings is 1. The topological polar surface area (TPSA) is 41.1 Å². The molecule has 1 aromatic carbocycles. The van der Waals surface area contributed by atoms with Crippen LogP contribution >= 0.6 is 0 Å². The van der Waals surface area contributed by atoms with Crippen molar-refractivity contribution in [1.29, 1.82) is 0 Å². The predicted octanol–water partition coefficient (Wildman–Crippen LogP) is 3.93. The van der Waals surface area contributed by atoms with E-state index in [2.05, 4.69) is 17.2 Å². The molecule has 0 aromatic heterocycles. The lowest BCUT2D eigenvalue weighted by atomic mass is 10.1. The quantitative estimate of drug-likeness (QED) is 0.605. The van der Waals surface area contributed by atoms with E-state index in [9.17, 15) is 26.7 Å². The Kier molecular flexibility index (Phi) is 6.33. The molecule has 0 heterocycles. The van der Waals surface area contributed by atoms with Crippen LogP contribution in [-0.4, -0.2) is 18.8 Å². The smallest absolute Gasteiger partial charge is 0.338 e. The third-order valence-corrected chi connectivity index (χ3v) is 2.77. The second-order valence-corrected chi connectivity index (χ2v) is 4.51. The second-order valence-electron chi connectivity index (χ2n) is 4.51. The zero-order valence-electron chi connectivity index (χ0n) is 11.5. The molecule has 22 heavy (non-hydrogen) atoms. The van der Waals surface area contributed by atoms with Crippen LogP contribution in [0.3, 0.4) is 0 Å². The molecule has 1 aromatic rings. The highest BCUT2D eigenvalue weighted by Crippen LogP contribution is 2.25. The third kappa shape index (κ3) is 6.11. The Morgan fingerprint density at radius 1 is 1.23 bits per heavy atom. The number of nitrogens with one attached hydrogen (secondary N) is 2. The maximum Gasteiger partial charge on any atom is 0.412 e. The summed E-state index contributed by atoms with van der Waals surface area (Å²) in [4.78, 5) is 11.4. The molecule has 122 valence electrons. The van der Waals surface area contributed by atoms with E-state index in [4.69, 9.17) is 0 Å². The van der Waals surface area contributed by atoms with Gasteiger partial charge in [-0.3, -0.25) is 0 Å². The Bertz CT molecular complexity index is 528. The molecule has 0 aliphatic rings. The standard InChI is InChI=1S/C14H15F5N2O/c1-9(14(17,18)19)5-6-20-13(22)21-8-10-3-2-4-11(7-10)12(15)16/h2-4,7,12H,1,5-6,8H2,(H2,20,21,22). The normalized spacial score (nSPS) is 11.4. The minimum atomic E-state index is -4.48. The summed E-state index contributed by atoms with van der Waals surface area (Å²) in [6, 6.07) is 4.81. The van der Waals surface area contributed by atoms with Crippen LogP contribution in [0.15, 0.2) is 36.4 Å². The summed E-state index contributed by atoms with van der Waals surface area (Å²) in [6.07, 6.45) is -7.51.